The van der Waals surface area contributed by atoms with Crippen molar-refractivity contribution in [2.24, 2.45) is 0 Å². The number of carbonyl (C=O) groups excluding carboxylic acids is 1. The number of anilines is 1. The van der Waals surface area contributed by atoms with Crippen LogP contribution in [0.4, 0.5) is 5.82 Å². The minimum atomic E-state index is -0.0242. The molecule has 23 heavy (non-hydrogen) atoms. The van der Waals surface area contributed by atoms with E-state index >= 15 is 0 Å². The number of nitrogens with zero attached hydrogens (tertiary/aromatic N) is 2. The number of aromatic nitrogens is 2. The standard InChI is InChI=1S/C19H19N3O/c1-15-7-9-16(10-8-15)11-12-19(23)20-18-13-14-22(21-18)17-5-3-2-4-6-17/h2-10,13-14H,11-12H2,1H3,(H,20,21,23). The lowest BCUT2D eigenvalue weighted by Gasteiger charge is -2.03. The van der Waals surface area contributed by atoms with E-state index in [1.807, 2.05) is 36.5 Å². The molecule has 116 valence electrons. The lowest BCUT2D eigenvalue weighted by molar-refractivity contribution is -0.116. The van der Waals surface area contributed by atoms with Gasteiger partial charge in [0, 0.05) is 18.7 Å². The average molecular weight is 305 g/mol. The maximum Gasteiger partial charge on any atom is 0.225 e. The van der Waals surface area contributed by atoms with Gasteiger partial charge in [0.05, 0.1) is 5.69 Å². The maximum atomic E-state index is 12.0. The first kappa shape index (κ1) is 15.0. The molecule has 0 aliphatic heterocycles. The summed E-state index contributed by atoms with van der Waals surface area (Å²) in [6, 6.07) is 19.9. The van der Waals surface area contributed by atoms with Crippen LogP contribution in [0.25, 0.3) is 5.69 Å². The van der Waals surface area contributed by atoms with Gasteiger partial charge in [-0.15, -0.1) is 0 Å². The molecule has 2 aromatic carbocycles. The highest BCUT2D eigenvalue weighted by molar-refractivity contribution is 5.89. The summed E-state index contributed by atoms with van der Waals surface area (Å²) in [5.41, 5.74) is 3.36. The summed E-state index contributed by atoms with van der Waals surface area (Å²) in [6.07, 6.45) is 3.01. The smallest absolute Gasteiger partial charge is 0.225 e. The third-order valence-corrected chi connectivity index (χ3v) is 3.64. The molecule has 3 rings (SSSR count). The van der Waals surface area contributed by atoms with Crippen LogP contribution in [0.3, 0.4) is 0 Å². The number of rotatable bonds is 5. The van der Waals surface area contributed by atoms with Gasteiger partial charge in [-0.3, -0.25) is 4.79 Å². The van der Waals surface area contributed by atoms with Gasteiger partial charge in [0.15, 0.2) is 5.82 Å². The van der Waals surface area contributed by atoms with Crippen molar-refractivity contribution < 1.29 is 4.79 Å². The SMILES string of the molecule is Cc1ccc(CCC(=O)Nc2ccn(-c3ccccc3)n2)cc1. The van der Waals surface area contributed by atoms with Crippen molar-refractivity contribution >= 4 is 11.7 Å². The first-order chi connectivity index (χ1) is 11.2. The van der Waals surface area contributed by atoms with Gasteiger partial charge in [0.25, 0.3) is 0 Å². The Bertz CT molecular complexity index is 776. The molecule has 1 amide bonds. The number of amides is 1. The van der Waals surface area contributed by atoms with Gasteiger partial charge < -0.3 is 5.32 Å². The predicted octanol–water partition coefficient (Wildman–Crippen LogP) is 3.75. The highest BCUT2D eigenvalue weighted by atomic mass is 16.1. The number of para-hydroxylation sites is 1. The fraction of sp³-hybridized carbons (Fsp3) is 0.158. The number of hydrogen-bond acceptors (Lipinski definition) is 2. The highest BCUT2D eigenvalue weighted by Crippen LogP contribution is 2.11. The van der Waals surface area contributed by atoms with E-state index in [0.29, 0.717) is 12.2 Å². The summed E-state index contributed by atoms with van der Waals surface area (Å²) in [7, 11) is 0. The van der Waals surface area contributed by atoms with Crippen LogP contribution < -0.4 is 5.32 Å². The Labute approximate surface area is 135 Å². The Hall–Kier alpha value is -2.88. The molecule has 0 spiro atoms. The maximum absolute atomic E-state index is 12.0. The Morgan fingerprint density at radius 3 is 2.52 bits per heavy atom. The third-order valence-electron chi connectivity index (χ3n) is 3.64. The molecule has 0 aliphatic carbocycles. The summed E-state index contributed by atoms with van der Waals surface area (Å²) < 4.78 is 1.75. The molecule has 0 aliphatic rings. The Morgan fingerprint density at radius 2 is 1.78 bits per heavy atom. The normalized spacial score (nSPS) is 10.5. The summed E-state index contributed by atoms with van der Waals surface area (Å²) in [6.45, 7) is 2.06. The van der Waals surface area contributed by atoms with E-state index in [0.717, 1.165) is 12.1 Å². The molecule has 3 aromatic rings. The Kier molecular flexibility index (Phi) is 4.52. The van der Waals surface area contributed by atoms with Crippen LogP contribution in [-0.2, 0) is 11.2 Å². The van der Waals surface area contributed by atoms with Gasteiger partial charge >= 0.3 is 0 Å². The molecule has 0 fully saturated rings. The molecular formula is C19H19N3O. The fourth-order valence-corrected chi connectivity index (χ4v) is 2.33. The van der Waals surface area contributed by atoms with Crippen molar-refractivity contribution in [2.75, 3.05) is 5.32 Å². The van der Waals surface area contributed by atoms with E-state index in [1.165, 1.54) is 11.1 Å². The van der Waals surface area contributed by atoms with Crippen molar-refractivity contribution in [1.29, 1.82) is 0 Å². The molecule has 1 aromatic heterocycles. The first-order valence-corrected chi connectivity index (χ1v) is 7.67. The number of hydrogen-bond donors (Lipinski definition) is 1. The molecule has 0 atom stereocenters. The van der Waals surface area contributed by atoms with Crippen molar-refractivity contribution in [1.82, 2.24) is 9.78 Å². The van der Waals surface area contributed by atoms with E-state index < -0.39 is 0 Å². The number of aryl methyl sites for hydroxylation is 2. The number of carbonyl (C=O) groups is 1. The summed E-state index contributed by atoms with van der Waals surface area (Å²) >= 11 is 0. The largest absolute Gasteiger partial charge is 0.309 e. The van der Waals surface area contributed by atoms with Gasteiger partial charge in [0.2, 0.25) is 5.91 Å². The minimum absolute atomic E-state index is 0.0242. The average Bonchev–Trinajstić information content (AvgIpc) is 3.04. The van der Waals surface area contributed by atoms with Crippen molar-refractivity contribution in [3.63, 3.8) is 0 Å². The highest BCUT2D eigenvalue weighted by Gasteiger charge is 2.06. The fourth-order valence-electron chi connectivity index (χ4n) is 2.33. The number of nitrogens with one attached hydrogen (secondary N) is 1. The molecular weight excluding hydrogens is 286 g/mol. The van der Waals surface area contributed by atoms with Crippen LogP contribution in [-0.4, -0.2) is 15.7 Å². The molecule has 0 saturated heterocycles. The van der Waals surface area contributed by atoms with Gasteiger partial charge in [-0.2, -0.15) is 5.10 Å². The van der Waals surface area contributed by atoms with Crippen LogP contribution >= 0.6 is 0 Å². The van der Waals surface area contributed by atoms with Crippen LogP contribution in [0.15, 0.2) is 66.9 Å². The second kappa shape index (κ2) is 6.92. The first-order valence-electron chi connectivity index (χ1n) is 7.67. The lowest BCUT2D eigenvalue weighted by Crippen LogP contribution is -2.13. The summed E-state index contributed by atoms with van der Waals surface area (Å²) in [4.78, 5) is 12.0. The minimum Gasteiger partial charge on any atom is -0.309 e. The van der Waals surface area contributed by atoms with Gasteiger partial charge in [-0.1, -0.05) is 48.0 Å². The topological polar surface area (TPSA) is 46.9 Å². The lowest BCUT2D eigenvalue weighted by atomic mass is 10.1. The molecule has 0 unspecified atom stereocenters. The second-order valence-corrected chi connectivity index (χ2v) is 5.51. The molecule has 4 heteroatoms. The third kappa shape index (κ3) is 4.07. The van der Waals surface area contributed by atoms with Crippen LogP contribution in [0.5, 0.6) is 0 Å². The van der Waals surface area contributed by atoms with E-state index in [2.05, 4.69) is 41.6 Å². The predicted molar refractivity (Wildman–Crippen MR) is 91.7 cm³/mol. The van der Waals surface area contributed by atoms with Gasteiger partial charge in [-0.05, 0) is 31.0 Å². The Balaban J connectivity index is 1.56. The zero-order valence-electron chi connectivity index (χ0n) is 13.1. The monoisotopic (exact) mass is 305 g/mol. The zero-order chi connectivity index (χ0) is 16.1. The molecule has 1 heterocycles. The molecule has 0 saturated carbocycles. The van der Waals surface area contributed by atoms with Crippen LogP contribution in [0, 0.1) is 6.92 Å². The van der Waals surface area contributed by atoms with E-state index in [-0.39, 0.29) is 5.91 Å². The van der Waals surface area contributed by atoms with Crippen LogP contribution in [0.2, 0.25) is 0 Å². The Morgan fingerprint density at radius 1 is 1.04 bits per heavy atom. The van der Waals surface area contributed by atoms with Crippen molar-refractivity contribution in [2.45, 2.75) is 19.8 Å². The molecule has 0 radical (unpaired) electrons. The molecule has 0 bridgehead atoms. The summed E-state index contributed by atoms with van der Waals surface area (Å²) in [5, 5.41) is 7.21. The quantitative estimate of drug-likeness (QED) is 0.780. The second-order valence-electron chi connectivity index (χ2n) is 5.51. The van der Waals surface area contributed by atoms with E-state index in [9.17, 15) is 4.79 Å². The van der Waals surface area contributed by atoms with Crippen molar-refractivity contribution in [3.8, 4) is 5.69 Å². The van der Waals surface area contributed by atoms with Crippen LogP contribution in [0.1, 0.15) is 17.5 Å². The zero-order valence-corrected chi connectivity index (χ0v) is 13.1. The van der Waals surface area contributed by atoms with Crippen molar-refractivity contribution in [3.05, 3.63) is 78.0 Å². The van der Waals surface area contributed by atoms with Gasteiger partial charge in [-0.25, -0.2) is 4.68 Å². The van der Waals surface area contributed by atoms with E-state index in [1.54, 1.807) is 10.7 Å². The number of benzene rings is 2. The van der Waals surface area contributed by atoms with E-state index in [4.69, 9.17) is 0 Å². The molecule has 1 N–H and O–H groups in total. The van der Waals surface area contributed by atoms with Gasteiger partial charge in [0.1, 0.15) is 0 Å². The molecule has 4 nitrogen and oxygen atoms in total. The summed E-state index contributed by atoms with van der Waals surface area (Å²) in [5.74, 6) is 0.548.